The van der Waals surface area contributed by atoms with Crippen molar-refractivity contribution in [1.82, 2.24) is 10.0 Å². The first-order valence-electron chi connectivity index (χ1n) is 7.69. The first-order chi connectivity index (χ1) is 10.6. The van der Waals surface area contributed by atoms with Gasteiger partial charge in [-0.3, -0.25) is 4.79 Å². The Kier molecular flexibility index (Phi) is 7.51. The lowest BCUT2D eigenvalue weighted by atomic mass is 10.0. The van der Waals surface area contributed by atoms with Crippen molar-refractivity contribution < 1.29 is 13.2 Å². The first kappa shape index (κ1) is 19.9. The number of nitrogens with one attached hydrogen (secondary N) is 2. The third-order valence-corrected chi connectivity index (χ3v) is 5.09. The number of benzene rings is 1. The summed E-state index contributed by atoms with van der Waals surface area (Å²) in [5.41, 5.74) is 0. The van der Waals surface area contributed by atoms with E-state index in [-0.39, 0.29) is 16.7 Å². The van der Waals surface area contributed by atoms with Gasteiger partial charge in [0.05, 0.1) is 4.90 Å². The van der Waals surface area contributed by atoms with Crippen molar-refractivity contribution >= 4 is 27.5 Å². The summed E-state index contributed by atoms with van der Waals surface area (Å²) in [7, 11) is -3.78. The summed E-state index contributed by atoms with van der Waals surface area (Å²) < 4.78 is 27.3. The molecule has 0 spiro atoms. The molecule has 1 aromatic carbocycles. The summed E-state index contributed by atoms with van der Waals surface area (Å²) in [6.07, 6.45) is 0.848. The van der Waals surface area contributed by atoms with Crippen LogP contribution >= 0.6 is 11.6 Å². The van der Waals surface area contributed by atoms with Gasteiger partial charge in [-0.15, -0.1) is 0 Å². The van der Waals surface area contributed by atoms with Crippen LogP contribution < -0.4 is 10.0 Å². The molecule has 7 heteroatoms. The summed E-state index contributed by atoms with van der Waals surface area (Å²) >= 11 is 5.77. The van der Waals surface area contributed by atoms with Crippen molar-refractivity contribution in [2.75, 3.05) is 6.54 Å². The number of sulfonamides is 1. The van der Waals surface area contributed by atoms with Crippen LogP contribution in [-0.4, -0.2) is 26.9 Å². The van der Waals surface area contributed by atoms with Gasteiger partial charge in [-0.2, -0.15) is 4.72 Å². The first-order valence-corrected chi connectivity index (χ1v) is 9.55. The number of halogens is 1. The Bertz CT molecular complexity index is 613. The summed E-state index contributed by atoms with van der Waals surface area (Å²) in [6, 6.07) is 5.02. The lowest BCUT2D eigenvalue weighted by Crippen LogP contribution is -2.49. The molecular formula is C16H25ClN2O3S. The molecule has 0 bridgehead atoms. The van der Waals surface area contributed by atoms with Gasteiger partial charge in [-0.25, -0.2) is 8.42 Å². The topological polar surface area (TPSA) is 75.3 Å². The molecule has 1 atom stereocenters. The van der Waals surface area contributed by atoms with E-state index < -0.39 is 16.1 Å². The van der Waals surface area contributed by atoms with E-state index in [0.29, 0.717) is 17.5 Å². The zero-order chi connectivity index (χ0) is 17.6. The van der Waals surface area contributed by atoms with E-state index in [9.17, 15) is 13.2 Å². The molecule has 1 unspecified atom stereocenters. The molecule has 0 saturated heterocycles. The highest BCUT2D eigenvalue weighted by atomic mass is 35.5. The average molecular weight is 361 g/mol. The van der Waals surface area contributed by atoms with Crippen LogP contribution in [-0.2, 0) is 14.8 Å². The molecule has 0 aliphatic heterocycles. The van der Waals surface area contributed by atoms with Crippen molar-refractivity contribution in [3.63, 3.8) is 0 Å². The lowest BCUT2D eigenvalue weighted by Gasteiger charge is -2.22. The van der Waals surface area contributed by atoms with Gasteiger partial charge in [0.25, 0.3) is 0 Å². The van der Waals surface area contributed by atoms with E-state index >= 15 is 0 Å². The van der Waals surface area contributed by atoms with Gasteiger partial charge in [0.2, 0.25) is 15.9 Å². The molecule has 0 radical (unpaired) electrons. The third-order valence-electron chi connectivity index (χ3n) is 3.38. The maximum atomic E-state index is 12.4. The molecule has 1 rings (SSSR count). The number of hydrogen-bond acceptors (Lipinski definition) is 3. The normalized spacial score (nSPS) is 13.3. The van der Waals surface area contributed by atoms with Gasteiger partial charge in [0.15, 0.2) is 0 Å². The maximum absolute atomic E-state index is 12.4. The second-order valence-electron chi connectivity index (χ2n) is 6.27. The lowest BCUT2D eigenvalue weighted by molar-refractivity contribution is -0.123. The fourth-order valence-electron chi connectivity index (χ4n) is 1.94. The van der Waals surface area contributed by atoms with Gasteiger partial charge < -0.3 is 5.32 Å². The van der Waals surface area contributed by atoms with Crippen LogP contribution in [0.25, 0.3) is 0 Å². The highest BCUT2D eigenvalue weighted by Crippen LogP contribution is 2.15. The van der Waals surface area contributed by atoms with Crippen molar-refractivity contribution in [3.8, 4) is 0 Å². The minimum Gasteiger partial charge on any atom is -0.355 e. The van der Waals surface area contributed by atoms with Gasteiger partial charge in [0, 0.05) is 11.6 Å². The number of hydrogen-bond donors (Lipinski definition) is 2. The summed E-state index contributed by atoms with van der Waals surface area (Å²) in [5.74, 6) is -0.00660. The van der Waals surface area contributed by atoms with E-state index in [0.717, 1.165) is 6.42 Å². The van der Waals surface area contributed by atoms with E-state index in [1.165, 1.54) is 24.3 Å². The van der Waals surface area contributed by atoms with Gasteiger partial charge in [-0.05, 0) is 42.5 Å². The van der Waals surface area contributed by atoms with E-state index in [4.69, 9.17) is 11.6 Å². The number of amides is 1. The Balaban J connectivity index is 2.82. The zero-order valence-corrected chi connectivity index (χ0v) is 15.5. The van der Waals surface area contributed by atoms with Crippen LogP contribution in [0.2, 0.25) is 5.02 Å². The third kappa shape index (κ3) is 6.49. The molecule has 0 fully saturated rings. The quantitative estimate of drug-likeness (QED) is 0.748. The molecule has 0 aliphatic rings. The molecule has 0 aliphatic carbocycles. The monoisotopic (exact) mass is 360 g/mol. The average Bonchev–Trinajstić information content (AvgIpc) is 2.44. The van der Waals surface area contributed by atoms with Gasteiger partial charge in [0.1, 0.15) is 6.04 Å². The van der Waals surface area contributed by atoms with E-state index in [1.54, 1.807) is 13.8 Å². The minimum atomic E-state index is -3.78. The van der Waals surface area contributed by atoms with Crippen LogP contribution in [0.4, 0.5) is 0 Å². The maximum Gasteiger partial charge on any atom is 0.241 e. The Morgan fingerprint density at radius 2 is 1.70 bits per heavy atom. The van der Waals surface area contributed by atoms with E-state index in [1.807, 2.05) is 0 Å². The zero-order valence-electron chi connectivity index (χ0n) is 14.0. The molecular weight excluding hydrogens is 336 g/mol. The predicted molar refractivity (Wildman–Crippen MR) is 92.9 cm³/mol. The number of carbonyl (C=O) groups is 1. The highest BCUT2D eigenvalue weighted by Gasteiger charge is 2.28. The molecule has 1 aromatic rings. The molecule has 5 nitrogen and oxygen atoms in total. The molecule has 2 N–H and O–H groups in total. The smallest absolute Gasteiger partial charge is 0.241 e. The summed E-state index contributed by atoms with van der Waals surface area (Å²) in [4.78, 5) is 12.4. The number of rotatable bonds is 8. The molecule has 23 heavy (non-hydrogen) atoms. The van der Waals surface area contributed by atoms with Crippen molar-refractivity contribution in [2.45, 2.75) is 45.1 Å². The standard InChI is InChI=1S/C16H25ClN2O3S/c1-11(2)9-10-18-16(20)15(12(3)4)19-23(21,22)14-7-5-13(17)6-8-14/h5-8,11-12,15,19H,9-10H2,1-4H3,(H,18,20). The van der Waals surface area contributed by atoms with Crippen molar-refractivity contribution in [3.05, 3.63) is 29.3 Å². The molecule has 130 valence electrons. The second-order valence-corrected chi connectivity index (χ2v) is 8.42. The second kappa shape index (κ2) is 8.66. The Morgan fingerprint density at radius 3 is 2.17 bits per heavy atom. The minimum absolute atomic E-state index is 0.0857. The predicted octanol–water partition coefficient (Wildman–Crippen LogP) is 2.81. The van der Waals surface area contributed by atoms with Gasteiger partial charge >= 0.3 is 0 Å². The Labute approximate surface area is 143 Å². The fraction of sp³-hybridized carbons (Fsp3) is 0.562. The molecule has 1 amide bonds. The van der Waals surface area contributed by atoms with Crippen LogP contribution in [0.3, 0.4) is 0 Å². The van der Waals surface area contributed by atoms with Crippen molar-refractivity contribution in [1.29, 1.82) is 0 Å². The Morgan fingerprint density at radius 1 is 1.13 bits per heavy atom. The van der Waals surface area contributed by atoms with Crippen LogP contribution in [0.1, 0.15) is 34.1 Å². The summed E-state index contributed by atoms with van der Waals surface area (Å²) in [5, 5.41) is 3.25. The van der Waals surface area contributed by atoms with E-state index in [2.05, 4.69) is 23.9 Å². The summed E-state index contributed by atoms with van der Waals surface area (Å²) in [6.45, 7) is 8.27. The van der Waals surface area contributed by atoms with Gasteiger partial charge in [-0.1, -0.05) is 39.3 Å². The number of carbonyl (C=O) groups excluding carboxylic acids is 1. The van der Waals surface area contributed by atoms with Crippen LogP contribution in [0.15, 0.2) is 29.2 Å². The van der Waals surface area contributed by atoms with Crippen molar-refractivity contribution in [2.24, 2.45) is 11.8 Å². The van der Waals surface area contributed by atoms with Crippen LogP contribution in [0, 0.1) is 11.8 Å². The Hall–Kier alpha value is -1.11. The van der Waals surface area contributed by atoms with Crippen LogP contribution in [0.5, 0.6) is 0 Å². The highest BCUT2D eigenvalue weighted by molar-refractivity contribution is 7.89. The molecule has 0 saturated carbocycles. The fourth-order valence-corrected chi connectivity index (χ4v) is 3.41. The SMILES string of the molecule is CC(C)CCNC(=O)C(NS(=O)(=O)c1ccc(Cl)cc1)C(C)C. The molecule has 0 aromatic heterocycles. The largest absolute Gasteiger partial charge is 0.355 e. The molecule has 0 heterocycles.